The van der Waals surface area contributed by atoms with E-state index in [0.29, 0.717) is 0 Å². The number of para-hydroxylation sites is 1. The summed E-state index contributed by atoms with van der Waals surface area (Å²) in [7, 11) is 1.94. The van der Waals surface area contributed by atoms with E-state index in [9.17, 15) is 0 Å². The second kappa shape index (κ2) is 4.43. The maximum Gasteiger partial charge on any atom is 0.162 e. The number of anilines is 3. The molecule has 0 fully saturated rings. The van der Waals surface area contributed by atoms with Gasteiger partial charge in [-0.3, -0.25) is 4.90 Å². The Morgan fingerprint density at radius 3 is 2.79 bits per heavy atom. The minimum Gasteiger partial charge on any atom is -0.388 e. The van der Waals surface area contributed by atoms with Gasteiger partial charge in [-0.2, -0.15) is 0 Å². The number of hydrogen-bond acceptors (Lipinski definition) is 3. The molecule has 0 unspecified atom stereocenters. The molecule has 2 heterocycles. The highest BCUT2D eigenvalue weighted by Crippen LogP contribution is 2.49. The molecule has 96 valence electrons. The van der Waals surface area contributed by atoms with Gasteiger partial charge < -0.3 is 5.32 Å². The van der Waals surface area contributed by atoms with Crippen molar-refractivity contribution >= 4 is 23.3 Å². The fourth-order valence-electron chi connectivity index (χ4n) is 2.39. The Bertz CT molecular complexity index is 659. The molecule has 1 aliphatic rings. The third-order valence-electron chi connectivity index (χ3n) is 3.35. The summed E-state index contributed by atoms with van der Waals surface area (Å²) >= 11 is 0. The van der Waals surface area contributed by atoms with Crippen molar-refractivity contribution in [3.05, 3.63) is 53.4 Å². The second-order valence-electron chi connectivity index (χ2n) is 4.78. The van der Waals surface area contributed by atoms with Crippen molar-refractivity contribution in [1.29, 1.82) is 0 Å². The van der Waals surface area contributed by atoms with Crippen molar-refractivity contribution in [3.63, 3.8) is 0 Å². The van der Waals surface area contributed by atoms with Crippen LogP contribution in [0.2, 0.25) is 0 Å². The predicted octanol–water partition coefficient (Wildman–Crippen LogP) is 3.86. The van der Waals surface area contributed by atoms with E-state index in [2.05, 4.69) is 52.6 Å². The minimum absolute atomic E-state index is 1.07. The summed E-state index contributed by atoms with van der Waals surface area (Å²) in [5.41, 5.74) is 5.91. The van der Waals surface area contributed by atoms with Crippen molar-refractivity contribution in [1.82, 2.24) is 4.98 Å². The van der Waals surface area contributed by atoms with Gasteiger partial charge in [-0.1, -0.05) is 18.2 Å². The molecule has 0 saturated carbocycles. The summed E-state index contributed by atoms with van der Waals surface area (Å²) in [6.45, 7) is 4.16. The second-order valence-corrected chi connectivity index (χ2v) is 4.78. The minimum atomic E-state index is 1.07. The predicted molar refractivity (Wildman–Crippen MR) is 80.9 cm³/mol. The molecule has 0 radical (unpaired) electrons. The summed E-state index contributed by atoms with van der Waals surface area (Å²) in [6, 6.07) is 10.4. The monoisotopic (exact) mass is 251 g/mol. The first-order chi connectivity index (χ1) is 9.20. The fourth-order valence-corrected chi connectivity index (χ4v) is 2.39. The van der Waals surface area contributed by atoms with Crippen molar-refractivity contribution in [2.24, 2.45) is 0 Å². The molecule has 2 aromatic rings. The van der Waals surface area contributed by atoms with Gasteiger partial charge in [0.15, 0.2) is 5.82 Å². The highest BCUT2D eigenvalue weighted by molar-refractivity contribution is 5.95. The lowest BCUT2D eigenvalue weighted by Gasteiger charge is -2.04. The standard InChI is InChI=1S/C16H17N3/c1-11-10-12(2)18-16-15(11)19(16)9-8-13-6-4-5-7-14(13)17-3/h4-10,17H,1-3H3/b9-8+. The summed E-state index contributed by atoms with van der Waals surface area (Å²) < 4.78 is 0. The SMILES string of the molecule is CNc1ccccc1/C=C/N1c2nc(C)cc(C)c21. The molecule has 0 atom stereocenters. The van der Waals surface area contributed by atoms with Crippen LogP contribution in [0, 0.1) is 13.8 Å². The Morgan fingerprint density at radius 2 is 2.00 bits per heavy atom. The van der Waals surface area contributed by atoms with E-state index >= 15 is 0 Å². The van der Waals surface area contributed by atoms with Crippen LogP contribution in [0.3, 0.4) is 0 Å². The molecule has 3 nitrogen and oxygen atoms in total. The van der Waals surface area contributed by atoms with Gasteiger partial charge in [-0.15, -0.1) is 0 Å². The zero-order valence-corrected chi connectivity index (χ0v) is 11.4. The topological polar surface area (TPSA) is 27.9 Å². The van der Waals surface area contributed by atoms with Crippen molar-refractivity contribution in [3.8, 4) is 0 Å². The average molecular weight is 251 g/mol. The van der Waals surface area contributed by atoms with E-state index in [4.69, 9.17) is 0 Å². The number of hydrogen-bond donors (Lipinski definition) is 1. The van der Waals surface area contributed by atoms with Crippen LogP contribution < -0.4 is 10.2 Å². The van der Waals surface area contributed by atoms with E-state index in [1.165, 1.54) is 16.8 Å². The van der Waals surface area contributed by atoms with Gasteiger partial charge in [0.2, 0.25) is 0 Å². The number of fused-ring (bicyclic) bond motifs is 1. The maximum atomic E-state index is 4.52. The third kappa shape index (κ3) is 2.08. The molecular weight excluding hydrogens is 234 g/mol. The van der Waals surface area contributed by atoms with Crippen molar-refractivity contribution in [2.45, 2.75) is 13.8 Å². The molecule has 0 aliphatic carbocycles. The van der Waals surface area contributed by atoms with E-state index in [1.807, 2.05) is 26.1 Å². The normalized spacial score (nSPS) is 12.7. The molecule has 1 aromatic carbocycles. The lowest BCUT2D eigenvalue weighted by Crippen LogP contribution is -1.91. The number of benzene rings is 1. The molecule has 3 heteroatoms. The van der Waals surface area contributed by atoms with Crippen LogP contribution in [0.15, 0.2) is 36.5 Å². The van der Waals surface area contributed by atoms with Gasteiger partial charge in [0.1, 0.15) is 0 Å². The highest BCUT2D eigenvalue weighted by Gasteiger charge is 2.31. The van der Waals surface area contributed by atoms with Gasteiger partial charge in [-0.25, -0.2) is 4.98 Å². The molecular formula is C16H17N3. The first-order valence-electron chi connectivity index (χ1n) is 6.43. The van der Waals surface area contributed by atoms with E-state index < -0.39 is 0 Å². The van der Waals surface area contributed by atoms with Crippen LogP contribution in [0.25, 0.3) is 6.08 Å². The number of aromatic nitrogens is 1. The fraction of sp³-hybridized carbons (Fsp3) is 0.188. The molecule has 1 aliphatic heterocycles. The van der Waals surface area contributed by atoms with Crippen LogP contribution in [-0.4, -0.2) is 12.0 Å². The summed E-state index contributed by atoms with van der Waals surface area (Å²) in [5.74, 6) is 1.08. The van der Waals surface area contributed by atoms with Gasteiger partial charge >= 0.3 is 0 Å². The summed E-state index contributed by atoms with van der Waals surface area (Å²) in [6.07, 6.45) is 4.20. The molecule has 0 bridgehead atoms. The largest absolute Gasteiger partial charge is 0.388 e. The van der Waals surface area contributed by atoms with Crippen molar-refractivity contribution in [2.75, 3.05) is 17.3 Å². The molecule has 0 spiro atoms. The maximum absolute atomic E-state index is 4.52. The van der Waals surface area contributed by atoms with Gasteiger partial charge in [0.25, 0.3) is 0 Å². The van der Waals surface area contributed by atoms with Crippen LogP contribution in [-0.2, 0) is 0 Å². The first kappa shape index (κ1) is 11.8. The lowest BCUT2D eigenvalue weighted by atomic mass is 10.2. The highest BCUT2D eigenvalue weighted by atomic mass is 15.3. The molecule has 0 amide bonds. The van der Waals surface area contributed by atoms with Crippen LogP contribution >= 0.6 is 0 Å². The van der Waals surface area contributed by atoms with Gasteiger partial charge in [-0.05, 0) is 43.2 Å². The van der Waals surface area contributed by atoms with Crippen LogP contribution in [0.5, 0.6) is 0 Å². The van der Waals surface area contributed by atoms with Crippen LogP contribution in [0.1, 0.15) is 16.8 Å². The van der Waals surface area contributed by atoms with E-state index in [1.54, 1.807) is 0 Å². The summed E-state index contributed by atoms with van der Waals surface area (Å²) in [5, 5.41) is 3.20. The average Bonchev–Trinajstić information content (AvgIpc) is 3.10. The number of nitrogens with zero attached hydrogens (tertiary/aromatic N) is 2. The van der Waals surface area contributed by atoms with E-state index in [-0.39, 0.29) is 0 Å². The molecule has 1 aromatic heterocycles. The quantitative estimate of drug-likeness (QED) is 0.839. The Balaban J connectivity index is 1.84. The Hall–Kier alpha value is -2.29. The van der Waals surface area contributed by atoms with E-state index in [0.717, 1.165) is 17.2 Å². The Labute approximate surface area is 113 Å². The lowest BCUT2D eigenvalue weighted by molar-refractivity contribution is 1.23. The molecule has 0 saturated heterocycles. The third-order valence-corrected chi connectivity index (χ3v) is 3.35. The zero-order chi connectivity index (χ0) is 13.4. The van der Waals surface area contributed by atoms with Gasteiger partial charge in [0, 0.05) is 24.6 Å². The summed E-state index contributed by atoms with van der Waals surface area (Å²) in [4.78, 5) is 6.66. The first-order valence-corrected chi connectivity index (χ1v) is 6.43. The number of rotatable bonds is 3. The van der Waals surface area contributed by atoms with Gasteiger partial charge in [0.05, 0.1) is 5.69 Å². The molecule has 3 rings (SSSR count). The Morgan fingerprint density at radius 1 is 1.21 bits per heavy atom. The number of aryl methyl sites for hydroxylation is 2. The molecule has 19 heavy (non-hydrogen) atoms. The van der Waals surface area contributed by atoms with Crippen LogP contribution in [0.4, 0.5) is 17.2 Å². The number of pyridine rings is 1. The van der Waals surface area contributed by atoms with Crippen molar-refractivity contribution < 1.29 is 0 Å². The Kier molecular flexibility index (Phi) is 2.75. The number of nitrogens with one attached hydrogen (secondary N) is 1. The molecule has 1 N–H and O–H groups in total. The smallest absolute Gasteiger partial charge is 0.162 e. The zero-order valence-electron chi connectivity index (χ0n) is 11.4.